The first-order valence-electron chi connectivity index (χ1n) is 5.98. The van der Waals surface area contributed by atoms with E-state index in [4.69, 9.17) is 31.8 Å². The van der Waals surface area contributed by atoms with E-state index in [9.17, 15) is 0 Å². The molecule has 0 rings (SSSR count). The van der Waals surface area contributed by atoms with Crippen LogP contribution in [0.15, 0.2) is 0 Å². The van der Waals surface area contributed by atoms with E-state index in [0.29, 0.717) is 13.2 Å². The van der Waals surface area contributed by atoms with Crippen LogP contribution in [0.5, 0.6) is 0 Å². The van der Waals surface area contributed by atoms with Gasteiger partial charge in [-0.15, -0.1) is 12.4 Å². The third-order valence-corrected chi connectivity index (χ3v) is 2.32. The lowest BCUT2D eigenvalue weighted by Crippen LogP contribution is -2.57. The number of amidine groups is 2. The maximum Gasteiger partial charge on any atom is 0.287 e. The molecular formula is C11H25ClN4O2. The van der Waals surface area contributed by atoms with Gasteiger partial charge in [-0.25, -0.2) is 0 Å². The van der Waals surface area contributed by atoms with E-state index >= 15 is 0 Å². The van der Waals surface area contributed by atoms with Gasteiger partial charge in [0.25, 0.3) is 5.79 Å². The second-order valence-electron chi connectivity index (χ2n) is 3.85. The molecule has 0 heterocycles. The van der Waals surface area contributed by atoms with Crippen molar-refractivity contribution in [2.75, 3.05) is 13.2 Å². The second-order valence-corrected chi connectivity index (χ2v) is 3.85. The lowest BCUT2D eigenvalue weighted by Gasteiger charge is -2.31. The van der Waals surface area contributed by atoms with E-state index in [1.165, 1.54) is 0 Å². The Morgan fingerprint density at radius 2 is 1.28 bits per heavy atom. The number of halogens is 1. The number of nitrogens with two attached hydrogens (primary N) is 2. The summed E-state index contributed by atoms with van der Waals surface area (Å²) < 4.78 is 10.8. The van der Waals surface area contributed by atoms with E-state index in [1.807, 2.05) is 13.8 Å². The highest BCUT2D eigenvalue weighted by atomic mass is 35.5. The van der Waals surface area contributed by atoms with Crippen LogP contribution in [0.3, 0.4) is 0 Å². The van der Waals surface area contributed by atoms with Crippen LogP contribution in [0, 0.1) is 10.8 Å². The Morgan fingerprint density at radius 1 is 0.944 bits per heavy atom. The molecule has 0 amide bonds. The molecular weight excluding hydrogens is 256 g/mol. The molecule has 0 aromatic carbocycles. The Kier molecular flexibility index (Phi) is 10.9. The summed E-state index contributed by atoms with van der Waals surface area (Å²) in [6.07, 6.45) is 3.50. The fourth-order valence-corrected chi connectivity index (χ4v) is 1.22. The summed E-state index contributed by atoms with van der Waals surface area (Å²) in [5, 5.41) is 15.0. The van der Waals surface area contributed by atoms with Gasteiger partial charge in [0, 0.05) is 0 Å². The molecule has 108 valence electrons. The highest BCUT2D eigenvalue weighted by Crippen LogP contribution is 2.15. The number of nitrogens with one attached hydrogen (secondary N) is 2. The Labute approximate surface area is 115 Å². The van der Waals surface area contributed by atoms with Gasteiger partial charge < -0.3 is 20.9 Å². The van der Waals surface area contributed by atoms with Crippen molar-refractivity contribution in [1.82, 2.24) is 0 Å². The van der Waals surface area contributed by atoms with Crippen LogP contribution in [0.2, 0.25) is 0 Å². The molecule has 0 fully saturated rings. The molecule has 0 aliphatic rings. The third kappa shape index (κ3) is 5.66. The van der Waals surface area contributed by atoms with Gasteiger partial charge in [0.2, 0.25) is 0 Å². The van der Waals surface area contributed by atoms with Gasteiger partial charge in [-0.2, -0.15) is 0 Å². The maximum atomic E-state index is 7.51. The molecule has 6 nitrogen and oxygen atoms in total. The first-order chi connectivity index (χ1) is 8.01. The van der Waals surface area contributed by atoms with Crippen molar-refractivity contribution in [2.45, 2.75) is 45.3 Å². The smallest absolute Gasteiger partial charge is 0.287 e. The summed E-state index contributed by atoms with van der Waals surface area (Å²) in [6, 6.07) is 0. The number of ether oxygens (including phenoxy) is 2. The normalized spacial score (nSPS) is 10.8. The molecule has 0 atom stereocenters. The van der Waals surface area contributed by atoms with Gasteiger partial charge in [-0.3, -0.25) is 10.8 Å². The second kappa shape index (κ2) is 10.1. The molecule has 0 aliphatic heterocycles. The minimum Gasteiger partial charge on any atom is -0.383 e. The van der Waals surface area contributed by atoms with Crippen molar-refractivity contribution in [1.29, 1.82) is 10.8 Å². The summed E-state index contributed by atoms with van der Waals surface area (Å²) >= 11 is 0. The van der Waals surface area contributed by atoms with Crippen molar-refractivity contribution in [2.24, 2.45) is 11.5 Å². The SMILES string of the molecule is CCCCOC(OCCCC)(C(=N)N)C(=N)N.Cl. The largest absolute Gasteiger partial charge is 0.383 e. The van der Waals surface area contributed by atoms with Gasteiger partial charge in [0.15, 0.2) is 11.7 Å². The van der Waals surface area contributed by atoms with Gasteiger partial charge in [-0.1, -0.05) is 26.7 Å². The first-order valence-corrected chi connectivity index (χ1v) is 5.98. The summed E-state index contributed by atoms with van der Waals surface area (Å²) in [5.41, 5.74) is 10.9. The summed E-state index contributed by atoms with van der Waals surface area (Å²) in [7, 11) is 0. The lowest BCUT2D eigenvalue weighted by molar-refractivity contribution is -0.145. The molecule has 0 saturated heterocycles. The minimum absolute atomic E-state index is 0. The number of unbranched alkanes of at least 4 members (excludes halogenated alkanes) is 2. The molecule has 0 aromatic rings. The van der Waals surface area contributed by atoms with E-state index in [-0.39, 0.29) is 24.1 Å². The zero-order valence-corrected chi connectivity index (χ0v) is 11.9. The zero-order valence-electron chi connectivity index (χ0n) is 11.1. The van der Waals surface area contributed by atoms with Crippen molar-refractivity contribution in [3.63, 3.8) is 0 Å². The van der Waals surface area contributed by atoms with E-state index in [1.54, 1.807) is 0 Å². The summed E-state index contributed by atoms with van der Waals surface area (Å²) in [6.45, 7) is 4.76. The van der Waals surface area contributed by atoms with E-state index < -0.39 is 5.79 Å². The third-order valence-electron chi connectivity index (χ3n) is 2.32. The Hall–Kier alpha value is -0.850. The fourth-order valence-electron chi connectivity index (χ4n) is 1.22. The monoisotopic (exact) mass is 280 g/mol. The highest BCUT2D eigenvalue weighted by Gasteiger charge is 2.40. The van der Waals surface area contributed by atoms with Gasteiger partial charge in [-0.05, 0) is 12.8 Å². The average Bonchev–Trinajstić information content (AvgIpc) is 2.26. The number of hydrogen-bond donors (Lipinski definition) is 4. The molecule has 7 heteroatoms. The van der Waals surface area contributed by atoms with Gasteiger partial charge in [0.05, 0.1) is 13.2 Å². The average molecular weight is 281 g/mol. The molecule has 0 unspecified atom stereocenters. The molecule has 0 saturated carbocycles. The first kappa shape index (κ1) is 19.5. The molecule has 0 spiro atoms. The van der Waals surface area contributed by atoms with Crippen LogP contribution in [0.4, 0.5) is 0 Å². The van der Waals surface area contributed by atoms with Crippen LogP contribution < -0.4 is 11.5 Å². The molecule has 0 bridgehead atoms. The zero-order chi connectivity index (χ0) is 13.3. The summed E-state index contributed by atoms with van der Waals surface area (Å²) in [4.78, 5) is 0. The summed E-state index contributed by atoms with van der Waals surface area (Å²) in [5.74, 6) is -2.43. The number of rotatable bonds is 10. The van der Waals surface area contributed by atoms with Crippen LogP contribution in [0.1, 0.15) is 39.5 Å². The predicted octanol–water partition coefficient (Wildman–Crippen LogP) is 1.61. The van der Waals surface area contributed by atoms with Gasteiger partial charge in [0.1, 0.15) is 0 Å². The van der Waals surface area contributed by atoms with Gasteiger partial charge >= 0.3 is 0 Å². The Morgan fingerprint density at radius 3 is 1.50 bits per heavy atom. The predicted molar refractivity (Wildman–Crippen MR) is 75.5 cm³/mol. The van der Waals surface area contributed by atoms with E-state index in [0.717, 1.165) is 25.7 Å². The van der Waals surface area contributed by atoms with E-state index in [2.05, 4.69) is 0 Å². The number of hydrogen-bond acceptors (Lipinski definition) is 4. The standard InChI is InChI=1S/C11H24N4O2.ClH/c1-3-5-7-16-11(9(12)13,10(14)15)17-8-6-4-2;/h3-8H2,1-2H3,(H3,12,13)(H3,14,15);1H. The van der Waals surface area contributed by atoms with Crippen LogP contribution in [-0.4, -0.2) is 30.7 Å². The van der Waals surface area contributed by atoms with Crippen molar-refractivity contribution >= 4 is 24.1 Å². The van der Waals surface area contributed by atoms with Crippen molar-refractivity contribution in [3.8, 4) is 0 Å². The molecule has 18 heavy (non-hydrogen) atoms. The molecule has 0 radical (unpaired) electrons. The topological polar surface area (TPSA) is 118 Å². The van der Waals surface area contributed by atoms with Crippen LogP contribution in [-0.2, 0) is 9.47 Å². The molecule has 0 aromatic heterocycles. The Bertz CT molecular complexity index is 235. The quantitative estimate of drug-likeness (QED) is 0.210. The fraction of sp³-hybridized carbons (Fsp3) is 0.818. The highest BCUT2D eigenvalue weighted by molar-refractivity contribution is 6.08. The minimum atomic E-state index is -1.68. The molecule has 6 N–H and O–H groups in total. The maximum absolute atomic E-state index is 7.51. The van der Waals surface area contributed by atoms with Crippen molar-refractivity contribution in [3.05, 3.63) is 0 Å². The van der Waals surface area contributed by atoms with Crippen LogP contribution >= 0.6 is 12.4 Å². The lowest BCUT2D eigenvalue weighted by atomic mass is 10.2. The van der Waals surface area contributed by atoms with Crippen molar-refractivity contribution < 1.29 is 9.47 Å². The van der Waals surface area contributed by atoms with Crippen LogP contribution in [0.25, 0.3) is 0 Å². The Balaban J connectivity index is 0. The molecule has 0 aliphatic carbocycles.